The Morgan fingerprint density at radius 1 is 1.08 bits per heavy atom. The molecule has 3 aliphatic rings. The number of aromatic nitrogens is 4. The average Bonchev–Trinajstić information content (AvgIpc) is 3.60. The summed E-state index contributed by atoms with van der Waals surface area (Å²) in [5, 5.41) is 7.05. The number of aliphatic imine (C=N–C) groups is 1. The minimum Gasteiger partial charge on any atom is -0.383 e. The van der Waals surface area contributed by atoms with Crippen LogP contribution in [-0.4, -0.2) is 50.9 Å². The van der Waals surface area contributed by atoms with E-state index >= 15 is 0 Å². The van der Waals surface area contributed by atoms with Crippen LogP contribution in [0, 0.1) is 0 Å². The van der Waals surface area contributed by atoms with Gasteiger partial charge >= 0.3 is 0 Å². The van der Waals surface area contributed by atoms with E-state index in [1.165, 1.54) is 36.1 Å². The number of aryl methyl sites for hydroxylation is 1. The number of anilines is 2. The Hall–Kier alpha value is -3.78. The van der Waals surface area contributed by atoms with Gasteiger partial charge in [0.25, 0.3) is 0 Å². The van der Waals surface area contributed by atoms with E-state index in [1.54, 1.807) is 0 Å². The Kier molecular flexibility index (Phi) is 5.65. The highest BCUT2D eigenvalue weighted by atomic mass is 15.3. The first-order chi connectivity index (χ1) is 18.6. The fourth-order valence-electron chi connectivity index (χ4n) is 5.84. The lowest BCUT2D eigenvalue weighted by molar-refractivity contribution is 0.578. The summed E-state index contributed by atoms with van der Waals surface area (Å²) in [6, 6.07) is 11.5. The van der Waals surface area contributed by atoms with Crippen molar-refractivity contribution in [1.29, 1.82) is 0 Å². The van der Waals surface area contributed by atoms with Crippen molar-refractivity contribution < 1.29 is 0 Å². The maximum Gasteiger partial charge on any atom is 0.180 e. The molecule has 8 nitrogen and oxygen atoms in total. The second kappa shape index (κ2) is 9.20. The number of fused-ring (bicyclic) bond motifs is 4. The van der Waals surface area contributed by atoms with E-state index in [0.29, 0.717) is 6.04 Å². The van der Waals surface area contributed by atoms with Crippen LogP contribution in [0.5, 0.6) is 0 Å². The van der Waals surface area contributed by atoms with Crippen LogP contribution < -0.4 is 15.5 Å². The van der Waals surface area contributed by atoms with E-state index in [2.05, 4.69) is 76.6 Å². The first-order valence-electron chi connectivity index (χ1n) is 13.9. The molecule has 2 atom stereocenters. The Morgan fingerprint density at radius 2 is 1.95 bits per heavy atom. The quantitative estimate of drug-likeness (QED) is 0.310. The molecule has 8 heteroatoms. The maximum atomic E-state index is 5.06. The molecule has 0 saturated carbocycles. The highest BCUT2D eigenvalue weighted by Gasteiger charge is 2.44. The van der Waals surface area contributed by atoms with E-state index < -0.39 is 0 Å². The first kappa shape index (κ1) is 23.3. The van der Waals surface area contributed by atoms with Gasteiger partial charge in [-0.05, 0) is 75.4 Å². The summed E-state index contributed by atoms with van der Waals surface area (Å²) in [7, 11) is 0. The molecule has 0 radical (unpaired) electrons. The first-order valence-corrected chi connectivity index (χ1v) is 13.9. The minimum atomic E-state index is 0.0816. The lowest BCUT2D eigenvalue weighted by atomic mass is 9.95. The van der Waals surface area contributed by atoms with Crippen LogP contribution in [0.25, 0.3) is 22.4 Å². The molecule has 194 valence electrons. The average molecular weight is 507 g/mol. The lowest BCUT2D eigenvalue weighted by Crippen LogP contribution is -2.29. The molecule has 2 saturated heterocycles. The lowest BCUT2D eigenvalue weighted by Gasteiger charge is -2.28. The fraction of sp³-hybridized carbons (Fsp3) is 0.400. The van der Waals surface area contributed by atoms with Gasteiger partial charge in [-0.2, -0.15) is 0 Å². The van der Waals surface area contributed by atoms with E-state index in [1.807, 2.05) is 12.4 Å². The standard InChI is InChI=1S/C30H34N8/c1-4-18-12-19(14-20(13-18)33-17(2)3)23-15-21-22(16-32-23)26-29(35-26)34-25(21)30-36-27-24(8-9-31-28(27)37-30)38-10-6-5-7-11-38/h8-9,12-17,26,29,33,35H,4-7,10-11H2,1-3H3,(H,31,36,37). The van der Waals surface area contributed by atoms with Crippen LogP contribution in [0.15, 0.2) is 47.7 Å². The van der Waals surface area contributed by atoms with E-state index in [4.69, 9.17) is 15.0 Å². The number of H-pyrrole nitrogens is 1. The molecule has 0 bridgehead atoms. The summed E-state index contributed by atoms with van der Waals surface area (Å²) in [5.41, 5.74) is 10.5. The van der Waals surface area contributed by atoms with Gasteiger partial charge in [0, 0.05) is 53.9 Å². The zero-order chi connectivity index (χ0) is 25.8. The van der Waals surface area contributed by atoms with Crippen molar-refractivity contribution in [1.82, 2.24) is 25.3 Å². The van der Waals surface area contributed by atoms with Crippen molar-refractivity contribution in [3.8, 4) is 11.3 Å². The maximum absolute atomic E-state index is 5.06. The number of nitrogens with zero attached hydrogens (tertiary/aromatic N) is 5. The van der Waals surface area contributed by atoms with Gasteiger partial charge in [-0.1, -0.05) is 6.92 Å². The van der Waals surface area contributed by atoms with Crippen molar-refractivity contribution in [2.75, 3.05) is 23.3 Å². The molecule has 0 amide bonds. The predicted octanol–water partition coefficient (Wildman–Crippen LogP) is 5.21. The number of aromatic amines is 1. The highest BCUT2D eigenvalue weighted by Crippen LogP contribution is 2.40. The SMILES string of the molecule is CCc1cc(NC(C)C)cc(-c2cc3c(cn2)C2NC2N=C3c2nc3nccc(N4CCCCC4)c3[nH]2)c1. The van der Waals surface area contributed by atoms with Gasteiger partial charge < -0.3 is 15.2 Å². The summed E-state index contributed by atoms with van der Waals surface area (Å²) < 4.78 is 0. The van der Waals surface area contributed by atoms with Crippen LogP contribution in [-0.2, 0) is 6.42 Å². The third kappa shape index (κ3) is 4.13. The number of benzene rings is 1. The topological polar surface area (TPSA) is 104 Å². The molecule has 3 aliphatic heterocycles. The third-order valence-electron chi connectivity index (χ3n) is 7.79. The van der Waals surface area contributed by atoms with Crippen LogP contribution in [0.3, 0.4) is 0 Å². The van der Waals surface area contributed by atoms with E-state index in [-0.39, 0.29) is 12.2 Å². The van der Waals surface area contributed by atoms with Gasteiger partial charge in [-0.15, -0.1) is 0 Å². The molecule has 0 spiro atoms. The minimum absolute atomic E-state index is 0.0816. The molecule has 2 fully saturated rings. The predicted molar refractivity (Wildman–Crippen MR) is 153 cm³/mol. The van der Waals surface area contributed by atoms with E-state index in [9.17, 15) is 0 Å². The van der Waals surface area contributed by atoms with Crippen LogP contribution >= 0.6 is 0 Å². The normalized spacial score (nSPS) is 20.3. The molecule has 7 rings (SSSR count). The molecule has 6 heterocycles. The van der Waals surface area contributed by atoms with Crippen LogP contribution in [0.1, 0.15) is 68.6 Å². The largest absolute Gasteiger partial charge is 0.383 e. The zero-order valence-electron chi connectivity index (χ0n) is 22.3. The van der Waals surface area contributed by atoms with Gasteiger partial charge in [0.15, 0.2) is 11.5 Å². The molecule has 3 aromatic heterocycles. The second-order valence-corrected chi connectivity index (χ2v) is 11.0. The van der Waals surface area contributed by atoms with E-state index in [0.717, 1.165) is 64.7 Å². The summed E-state index contributed by atoms with van der Waals surface area (Å²) in [5.74, 6) is 0.770. The highest BCUT2D eigenvalue weighted by molar-refractivity contribution is 6.14. The smallest absolute Gasteiger partial charge is 0.180 e. The summed E-state index contributed by atoms with van der Waals surface area (Å²) in [6.45, 7) is 8.66. The van der Waals surface area contributed by atoms with Crippen molar-refractivity contribution in [2.24, 2.45) is 4.99 Å². The number of pyridine rings is 2. The van der Waals surface area contributed by atoms with Gasteiger partial charge in [-0.25, -0.2) is 9.97 Å². The summed E-state index contributed by atoms with van der Waals surface area (Å²) >= 11 is 0. The molecule has 2 unspecified atom stereocenters. The monoisotopic (exact) mass is 506 g/mol. The van der Waals surface area contributed by atoms with Crippen molar-refractivity contribution >= 4 is 28.3 Å². The van der Waals surface area contributed by atoms with Crippen LogP contribution in [0.4, 0.5) is 11.4 Å². The van der Waals surface area contributed by atoms with Gasteiger partial charge in [0.1, 0.15) is 17.4 Å². The summed E-state index contributed by atoms with van der Waals surface area (Å²) in [4.78, 5) is 25.6. The molecule has 3 N–H and O–H groups in total. The summed E-state index contributed by atoms with van der Waals surface area (Å²) in [6.07, 6.45) is 8.69. The molecule has 38 heavy (non-hydrogen) atoms. The number of imidazole rings is 1. The number of hydrogen-bond donors (Lipinski definition) is 3. The van der Waals surface area contributed by atoms with Crippen molar-refractivity contribution in [3.05, 3.63) is 65.2 Å². The second-order valence-electron chi connectivity index (χ2n) is 11.0. The number of rotatable bonds is 6. The van der Waals surface area contributed by atoms with Gasteiger partial charge in [0.05, 0.1) is 17.4 Å². The Bertz CT molecular complexity index is 1550. The van der Waals surface area contributed by atoms with Crippen molar-refractivity contribution in [3.63, 3.8) is 0 Å². The molecular formula is C30H34N8. The third-order valence-corrected chi connectivity index (χ3v) is 7.79. The number of nitrogens with one attached hydrogen (secondary N) is 3. The molecular weight excluding hydrogens is 472 g/mol. The Morgan fingerprint density at radius 3 is 2.76 bits per heavy atom. The van der Waals surface area contributed by atoms with Gasteiger partial charge in [0.2, 0.25) is 0 Å². The fourth-order valence-corrected chi connectivity index (χ4v) is 5.84. The number of hydrogen-bond acceptors (Lipinski definition) is 7. The van der Waals surface area contributed by atoms with Crippen molar-refractivity contribution in [2.45, 2.75) is 64.7 Å². The number of piperidine rings is 1. The van der Waals surface area contributed by atoms with Crippen LogP contribution in [0.2, 0.25) is 0 Å². The molecule has 1 aromatic carbocycles. The molecule has 4 aromatic rings. The van der Waals surface area contributed by atoms with Gasteiger partial charge in [-0.3, -0.25) is 15.3 Å². The molecule has 0 aliphatic carbocycles. The zero-order valence-corrected chi connectivity index (χ0v) is 22.3. The Balaban J connectivity index is 1.31. The Labute approximate surface area is 223 Å².